The fraction of sp³-hybridized carbons (Fsp3) is 0.500. The Hall–Kier alpha value is -1.14. The Labute approximate surface area is 134 Å². The lowest BCUT2D eigenvalue weighted by atomic mass is 10.0. The summed E-state index contributed by atoms with van der Waals surface area (Å²) in [5.74, 6) is 0. The first-order valence-electron chi connectivity index (χ1n) is 7.38. The maximum Gasteiger partial charge on any atom is 0.416 e. The molecular formula is C16H21F3N2S. The third-order valence-electron chi connectivity index (χ3n) is 4.11. The Morgan fingerprint density at radius 1 is 1.36 bits per heavy atom. The number of rotatable bonds is 3. The van der Waals surface area contributed by atoms with Crippen LogP contribution >= 0.6 is 12.6 Å². The lowest BCUT2D eigenvalue weighted by Gasteiger charge is -2.33. The largest absolute Gasteiger partial charge is 0.416 e. The Morgan fingerprint density at radius 2 is 2.09 bits per heavy atom. The molecule has 1 aromatic rings. The molecule has 0 aliphatic carbocycles. The van der Waals surface area contributed by atoms with E-state index >= 15 is 0 Å². The Morgan fingerprint density at radius 3 is 2.73 bits per heavy atom. The summed E-state index contributed by atoms with van der Waals surface area (Å²) in [4.78, 5) is 2.89. The smallest absolute Gasteiger partial charge is 0.398 e. The molecule has 0 spiro atoms. The van der Waals surface area contributed by atoms with Crippen LogP contribution in [0.1, 0.15) is 37.3 Å². The average Bonchev–Trinajstić information content (AvgIpc) is 2.48. The second-order valence-electron chi connectivity index (χ2n) is 5.75. The van der Waals surface area contributed by atoms with Gasteiger partial charge in [-0.1, -0.05) is 18.6 Å². The second kappa shape index (κ2) is 6.96. The number of piperidine rings is 1. The van der Waals surface area contributed by atoms with Crippen molar-refractivity contribution >= 4 is 18.3 Å². The van der Waals surface area contributed by atoms with Gasteiger partial charge in [0.05, 0.1) is 5.56 Å². The molecule has 22 heavy (non-hydrogen) atoms. The first-order valence-corrected chi connectivity index (χ1v) is 7.83. The number of hydrogen-bond acceptors (Lipinski definition) is 3. The molecule has 2 rings (SSSR count). The molecule has 6 heteroatoms. The highest BCUT2D eigenvalue weighted by molar-refractivity contribution is 7.84. The third kappa shape index (κ3) is 4.20. The van der Waals surface area contributed by atoms with E-state index in [-0.39, 0.29) is 0 Å². The Balaban J connectivity index is 2.19. The van der Waals surface area contributed by atoms with E-state index in [9.17, 15) is 13.2 Å². The SMILES string of the molecule is CC1CCCCN1C/C(S)=C(/N)c1cccc(C(F)(F)F)c1. The van der Waals surface area contributed by atoms with Crippen LogP contribution in [0, 0.1) is 0 Å². The summed E-state index contributed by atoms with van der Waals surface area (Å²) < 4.78 is 38.3. The van der Waals surface area contributed by atoms with Gasteiger partial charge in [-0.3, -0.25) is 4.90 Å². The van der Waals surface area contributed by atoms with Crippen LogP contribution in [0.4, 0.5) is 13.2 Å². The molecular weight excluding hydrogens is 309 g/mol. The maximum atomic E-state index is 12.8. The number of likely N-dealkylation sites (tertiary alicyclic amines) is 1. The Bertz CT molecular complexity index is 555. The number of nitrogens with zero attached hydrogens (tertiary/aromatic N) is 1. The van der Waals surface area contributed by atoms with E-state index in [4.69, 9.17) is 5.73 Å². The van der Waals surface area contributed by atoms with E-state index in [1.807, 2.05) is 0 Å². The molecule has 1 aromatic carbocycles. The third-order valence-corrected chi connectivity index (χ3v) is 4.49. The minimum atomic E-state index is -4.37. The van der Waals surface area contributed by atoms with Crippen LogP contribution in [0.3, 0.4) is 0 Å². The van der Waals surface area contributed by atoms with Crippen molar-refractivity contribution in [1.29, 1.82) is 0 Å². The first-order chi connectivity index (χ1) is 10.3. The maximum absolute atomic E-state index is 12.8. The summed E-state index contributed by atoms with van der Waals surface area (Å²) in [6, 6.07) is 5.52. The summed E-state index contributed by atoms with van der Waals surface area (Å²) in [6.07, 6.45) is -0.889. The van der Waals surface area contributed by atoms with Crippen molar-refractivity contribution in [3.63, 3.8) is 0 Å². The normalized spacial score (nSPS) is 21.6. The summed E-state index contributed by atoms with van der Waals surface area (Å²) in [5.41, 5.74) is 6.01. The van der Waals surface area contributed by atoms with Gasteiger partial charge in [0, 0.05) is 23.2 Å². The lowest BCUT2D eigenvalue weighted by Crippen LogP contribution is -2.38. The van der Waals surface area contributed by atoms with Crippen LogP contribution in [0.5, 0.6) is 0 Å². The zero-order valence-corrected chi connectivity index (χ0v) is 13.4. The molecule has 1 aliphatic heterocycles. The molecule has 0 radical (unpaired) electrons. The molecule has 0 saturated carbocycles. The number of nitrogens with two attached hydrogens (primary N) is 1. The van der Waals surface area contributed by atoms with E-state index < -0.39 is 11.7 Å². The van der Waals surface area contributed by atoms with Crippen molar-refractivity contribution in [3.05, 3.63) is 40.3 Å². The fourth-order valence-electron chi connectivity index (χ4n) is 2.70. The highest BCUT2D eigenvalue weighted by Crippen LogP contribution is 2.31. The predicted molar refractivity (Wildman–Crippen MR) is 86.4 cm³/mol. The number of thiol groups is 1. The van der Waals surface area contributed by atoms with Crippen molar-refractivity contribution in [3.8, 4) is 0 Å². The van der Waals surface area contributed by atoms with Gasteiger partial charge in [0.15, 0.2) is 0 Å². The van der Waals surface area contributed by atoms with Crippen molar-refractivity contribution in [1.82, 2.24) is 4.90 Å². The van der Waals surface area contributed by atoms with Gasteiger partial charge < -0.3 is 5.73 Å². The van der Waals surface area contributed by atoms with Gasteiger partial charge in [0.1, 0.15) is 0 Å². The Kier molecular flexibility index (Phi) is 5.45. The molecule has 2 nitrogen and oxygen atoms in total. The molecule has 0 amide bonds. The topological polar surface area (TPSA) is 29.3 Å². The molecule has 0 aromatic heterocycles. The molecule has 1 heterocycles. The van der Waals surface area contributed by atoms with Crippen LogP contribution in [0.2, 0.25) is 0 Å². The summed E-state index contributed by atoms with van der Waals surface area (Å²) in [7, 11) is 0. The van der Waals surface area contributed by atoms with Crippen LogP contribution < -0.4 is 5.73 Å². The number of benzene rings is 1. The van der Waals surface area contributed by atoms with Crippen LogP contribution in [0.15, 0.2) is 29.2 Å². The van der Waals surface area contributed by atoms with E-state index in [2.05, 4.69) is 24.5 Å². The van der Waals surface area contributed by atoms with Gasteiger partial charge in [-0.15, -0.1) is 12.6 Å². The van der Waals surface area contributed by atoms with Gasteiger partial charge in [-0.2, -0.15) is 13.2 Å². The van der Waals surface area contributed by atoms with Gasteiger partial charge >= 0.3 is 6.18 Å². The highest BCUT2D eigenvalue weighted by Gasteiger charge is 2.30. The van der Waals surface area contributed by atoms with Gasteiger partial charge in [-0.05, 0) is 44.0 Å². The summed E-state index contributed by atoms with van der Waals surface area (Å²) >= 11 is 4.43. The summed E-state index contributed by atoms with van der Waals surface area (Å²) in [6.45, 7) is 3.70. The van der Waals surface area contributed by atoms with E-state index in [0.29, 0.717) is 28.8 Å². The zero-order valence-electron chi connectivity index (χ0n) is 12.5. The van der Waals surface area contributed by atoms with Gasteiger partial charge in [0.2, 0.25) is 0 Å². The van der Waals surface area contributed by atoms with Crippen LogP contribution in [-0.2, 0) is 6.18 Å². The van der Waals surface area contributed by atoms with Crippen molar-refractivity contribution in [2.24, 2.45) is 5.73 Å². The van der Waals surface area contributed by atoms with Gasteiger partial charge in [-0.25, -0.2) is 0 Å². The van der Waals surface area contributed by atoms with Crippen LogP contribution in [-0.4, -0.2) is 24.0 Å². The number of halogens is 3. The van der Waals surface area contributed by atoms with E-state index in [1.54, 1.807) is 6.07 Å². The van der Waals surface area contributed by atoms with Gasteiger partial charge in [0.25, 0.3) is 0 Å². The monoisotopic (exact) mass is 330 g/mol. The van der Waals surface area contributed by atoms with Crippen molar-refractivity contribution in [2.45, 2.75) is 38.4 Å². The first kappa shape index (κ1) is 17.2. The fourth-order valence-corrected chi connectivity index (χ4v) is 3.01. The lowest BCUT2D eigenvalue weighted by molar-refractivity contribution is -0.137. The van der Waals surface area contributed by atoms with E-state index in [1.165, 1.54) is 12.5 Å². The molecule has 1 atom stereocenters. The molecule has 1 unspecified atom stereocenters. The molecule has 1 fully saturated rings. The molecule has 1 aliphatic rings. The molecule has 2 N–H and O–H groups in total. The molecule has 1 saturated heterocycles. The van der Waals surface area contributed by atoms with E-state index in [0.717, 1.165) is 31.5 Å². The average molecular weight is 330 g/mol. The second-order valence-corrected chi connectivity index (χ2v) is 6.29. The number of hydrogen-bond donors (Lipinski definition) is 2. The van der Waals surface area contributed by atoms with Crippen LogP contribution in [0.25, 0.3) is 5.70 Å². The zero-order chi connectivity index (χ0) is 16.3. The predicted octanol–water partition coefficient (Wildman–Crippen LogP) is 4.14. The minimum absolute atomic E-state index is 0.312. The minimum Gasteiger partial charge on any atom is -0.398 e. The number of alkyl halides is 3. The van der Waals surface area contributed by atoms with Crippen molar-refractivity contribution < 1.29 is 13.2 Å². The quantitative estimate of drug-likeness (QED) is 0.816. The molecule has 122 valence electrons. The van der Waals surface area contributed by atoms with Crippen molar-refractivity contribution in [2.75, 3.05) is 13.1 Å². The molecule has 0 bridgehead atoms. The summed E-state index contributed by atoms with van der Waals surface area (Å²) in [5, 5.41) is 0. The standard InChI is InChI=1S/C16H21F3N2S/c1-11-5-2-3-8-21(11)10-14(22)15(20)12-6-4-7-13(9-12)16(17,18)19/h4,6-7,9,11,22H,2-3,5,8,10,20H2,1H3/b15-14-. The highest BCUT2D eigenvalue weighted by atomic mass is 32.1.